The Morgan fingerprint density at radius 2 is 1.97 bits per heavy atom. The van der Waals surface area contributed by atoms with Crippen LogP contribution in [0, 0.1) is 5.41 Å². The highest BCUT2D eigenvalue weighted by Gasteiger charge is 2.33. The first-order valence-corrected chi connectivity index (χ1v) is 12.2. The standard InChI is InChI=1S/C19H38N4O4S.HI/c1-20-18(22-16-19(10-13-26-2)8-4-5-9-19)21-11-14-28(24,25)23-15-17-7-3-6-12-27-17;/h17,23H,3-16H2,1-2H3,(H2,20,21,22);1H. The Balaban J connectivity index is 0.00000420. The van der Waals surface area contributed by atoms with Gasteiger partial charge < -0.3 is 20.1 Å². The molecule has 0 radical (unpaired) electrons. The van der Waals surface area contributed by atoms with E-state index >= 15 is 0 Å². The molecule has 1 saturated carbocycles. The second kappa shape index (κ2) is 14.0. The van der Waals surface area contributed by atoms with Gasteiger partial charge in [0, 0.05) is 47.0 Å². The maximum absolute atomic E-state index is 12.2. The van der Waals surface area contributed by atoms with E-state index in [9.17, 15) is 8.42 Å². The van der Waals surface area contributed by atoms with Crippen molar-refractivity contribution in [3.05, 3.63) is 0 Å². The van der Waals surface area contributed by atoms with E-state index in [2.05, 4.69) is 20.3 Å². The van der Waals surface area contributed by atoms with Gasteiger partial charge in [0.2, 0.25) is 10.0 Å². The largest absolute Gasteiger partial charge is 0.385 e. The molecule has 10 heteroatoms. The summed E-state index contributed by atoms with van der Waals surface area (Å²) < 4.78 is 37.9. The molecular formula is C19H39IN4O4S. The van der Waals surface area contributed by atoms with E-state index in [1.54, 1.807) is 14.2 Å². The van der Waals surface area contributed by atoms with Crippen molar-refractivity contribution in [3.63, 3.8) is 0 Å². The van der Waals surface area contributed by atoms with Crippen LogP contribution in [0.2, 0.25) is 0 Å². The van der Waals surface area contributed by atoms with Gasteiger partial charge in [0.1, 0.15) is 0 Å². The molecule has 0 aromatic rings. The van der Waals surface area contributed by atoms with E-state index in [4.69, 9.17) is 9.47 Å². The fourth-order valence-electron chi connectivity index (χ4n) is 4.01. The molecule has 1 saturated heterocycles. The number of ether oxygens (including phenoxy) is 2. The van der Waals surface area contributed by atoms with Crippen molar-refractivity contribution in [3.8, 4) is 0 Å². The summed E-state index contributed by atoms with van der Waals surface area (Å²) in [4.78, 5) is 4.23. The van der Waals surface area contributed by atoms with Crippen LogP contribution in [-0.4, -0.2) is 73.2 Å². The Hall–Kier alpha value is -0.170. The van der Waals surface area contributed by atoms with E-state index in [1.165, 1.54) is 25.7 Å². The molecule has 0 bridgehead atoms. The molecule has 3 N–H and O–H groups in total. The van der Waals surface area contributed by atoms with Gasteiger partial charge in [0.05, 0.1) is 11.9 Å². The predicted octanol–water partition coefficient (Wildman–Crippen LogP) is 1.85. The number of sulfonamides is 1. The number of rotatable bonds is 11. The molecule has 172 valence electrons. The van der Waals surface area contributed by atoms with E-state index < -0.39 is 10.0 Å². The molecule has 2 rings (SSSR count). The molecule has 1 atom stereocenters. The van der Waals surface area contributed by atoms with Crippen molar-refractivity contribution >= 4 is 40.0 Å². The summed E-state index contributed by atoms with van der Waals surface area (Å²) in [7, 11) is 0.117. The van der Waals surface area contributed by atoms with Gasteiger partial charge in [0.15, 0.2) is 5.96 Å². The highest BCUT2D eigenvalue weighted by molar-refractivity contribution is 14.0. The van der Waals surface area contributed by atoms with Gasteiger partial charge >= 0.3 is 0 Å². The quantitative estimate of drug-likeness (QED) is 0.208. The first-order chi connectivity index (χ1) is 13.5. The van der Waals surface area contributed by atoms with Crippen LogP contribution in [-0.2, 0) is 19.5 Å². The fraction of sp³-hybridized carbons (Fsp3) is 0.947. The Bertz CT molecular complexity index is 577. The summed E-state index contributed by atoms with van der Waals surface area (Å²) in [5.74, 6) is 0.657. The number of methoxy groups -OCH3 is 1. The van der Waals surface area contributed by atoms with E-state index in [-0.39, 0.29) is 41.2 Å². The number of hydrogen-bond acceptors (Lipinski definition) is 5. The topological polar surface area (TPSA) is 101 Å². The van der Waals surface area contributed by atoms with Crippen LogP contribution >= 0.6 is 24.0 Å². The highest BCUT2D eigenvalue weighted by Crippen LogP contribution is 2.40. The second-order valence-electron chi connectivity index (χ2n) is 7.96. The molecule has 1 heterocycles. The summed E-state index contributed by atoms with van der Waals surface area (Å²) in [6, 6.07) is 0. The number of halogens is 1. The average molecular weight is 547 g/mol. The van der Waals surface area contributed by atoms with Crippen LogP contribution in [0.15, 0.2) is 4.99 Å². The van der Waals surface area contributed by atoms with Gasteiger partial charge in [-0.1, -0.05) is 12.8 Å². The smallest absolute Gasteiger partial charge is 0.213 e. The van der Waals surface area contributed by atoms with Crippen LogP contribution in [0.4, 0.5) is 0 Å². The molecule has 0 aromatic heterocycles. The Morgan fingerprint density at radius 1 is 1.21 bits per heavy atom. The van der Waals surface area contributed by atoms with Gasteiger partial charge in [-0.3, -0.25) is 4.99 Å². The van der Waals surface area contributed by atoms with Crippen LogP contribution in [0.1, 0.15) is 51.4 Å². The van der Waals surface area contributed by atoms with Crippen molar-refractivity contribution in [2.24, 2.45) is 10.4 Å². The molecular weight excluding hydrogens is 507 g/mol. The SMILES string of the molecule is CN=C(NCCS(=O)(=O)NCC1CCCCO1)NCC1(CCOC)CCCC1.I. The van der Waals surface area contributed by atoms with E-state index in [0.29, 0.717) is 19.0 Å². The molecule has 1 aliphatic heterocycles. The maximum Gasteiger partial charge on any atom is 0.213 e. The lowest BCUT2D eigenvalue weighted by Gasteiger charge is -2.30. The second-order valence-corrected chi connectivity index (χ2v) is 9.88. The van der Waals surface area contributed by atoms with Crippen LogP contribution < -0.4 is 15.4 Å². The lowest BCUT2D eigenvalue weighted by molar-refractivity contribution is 0.0200. The van der Waals surface area contributed by atoms with Crippen molar-refractivity contribution in [1.29, 1.82) is 0 Å². The van der Waals surface area contributed by atoms with Crippen molar-refractivity contribution in [2.45, 2.75) is 57.5 Å². The molecule has 0 aromatic carbocycles. The molecule has 0 spiro atoms. The minimum absolute atomic E-state index is 0. The van der Waals surface area contributed by atoms with Crippen LogP contribution in [0.5, 0.6) is 0 Å². The molecule has 1 aliphatic carbocycles. The summed E-state index contributed by atoms with van der Waals surface area (Å²) in [6.45, 7) is 2.99. The van der Waals surface area contributed by atoms with Crippen molar-refractivity contribution in [1.82, 2.24) is 15.4 Å². The van der Waals surface area contributed by atoms with Crippen molar-refractivity contribution in [2.75, 3.05) is 52.8 Å². The lowest BCUT2D eigenvalue weighted by Crippen LogP contribution is -2.45. The van der Waals surface area contributed by atoms with Crippen LogP contribution in [0.25, 0.3) is 0 Å². The van der Waals surface area contributed by atoms with Crippen molar-refractivity contribution < 1.29 is 17.9 Å². The predicted molar refractivity (Wildman–Crippen MR) is 128 cm³/mol. The van der Waals surface area contributed by atoms with Gasteiger partial charge in [0.25, 0.3) is 0 Å². The first kappa shape index (κ1) is 26.9. The zero-order valence-electron chi connectivity index (χ0n) is 17.9. The van der Waals surface area contributed by atoms with Gasteiger partial charge in [-0.25, -0.2) is 13.1 Å². The third-order valence-electron chi connectivity index (χ3n) is 5.82. The van der Waals surface area contributed by atoms with Gasteiger partial charge in [-0.05, 0) is 43.9 Å². The fourth-order valence-corrected chi connectivity index (χ4v) is 4.97. The number of nitrogens with one attached hydrogen (secondary N) is 3. The molecule has 1 unspecified atom stereocenters. The molecule has 2 aliphatic rings. The van der Waals surface area contributed by atoms with E-state index in [0.717, 1.165) is 45.4 Å². The minimum Gasteiger partial charge on any atom is -0.385 e. The van der Waals surface area contributed by atoms with Gasteiger partial charge in [-0.15, -0.1) is 24.0 Å². The maximum atomic E-state index is 12.2. The molecule has 29 heavy (non-hydrogen) atoms. The Labute approximate surface area is 193 Å². The summed E-state index contributed by atoms with van der Waals surface area (Å²) in [6.07, 6.45) is 9.02. The normalized spacial score (nSPS) is 22.1. The average Bonchev–Trinajstić information content (AvgIpc) is 3.17. The number of aliphatic imine (C=N–C) groups is 1. The molecule has 2 fully saturated rings. The van der Waals surface area contributed by atoms with Gasteiger partial charge in [-0.2, -0.15) is 0 Å². The summed E-state index contributed by atoms with van der Waals surface area (Å²) in [5, 5.41) is 6.50. The molecule has 0 amide bonds. The lowest BCUT2D eigenvalue weighted by atomic mass is 9.83. The Morgan fingerprint density at radius 3 is 2.59 bits per heavy atom. The molecule has 8 nitrogen and oxygen atoms in total. The number of hydrogen-bond donors (Lipinski definition) is 3. The third-order valence-corrected chi connectivity index (χ3v) is 7.17. The zero-order valence-corrected chi connectivity index (χ0v) is 21.0. The summed E-state index contributed by atoms with van der Waals surface area (Å²) in [5.41, 5.74) is 0.251. The number of guanidine groups is 1. The monoisotopic (exact) mass is 546 g/mol. The summed E-state index contributed by atoms with van der Waals surface area (Å²) >= 11 is 0. The van der Waals surface area contributed by atoms with Crippen LogP contribution in [0.3, 0.4) is 0 Å². The first-order valence-electron chi connectivity index (χ1n) is 10.5. The van der Waals surface area contributed by atoms with E-state index in [1.807, 2.05) is 0 Å². The third kappa shape index (κ3) is 10.1. The highest BCUT2D eigenvalue weighted by atomic mass is 127. The zero-order chi connectivity index (χ0) is 20.3. The Kier molecular flexibility index (Phi) is 13.0. The minimum atomic E-state index is -3.33. The number of nitrogens with zero attached hydrogens (tertiary/aromatic N) is 1.